The van der Waals surface area contributed by atoms with Gasteiger partial charge in [-0.15, -0.1) is 0 Å². The van der Waals surface area contributed by atoms with E-state index in [1.54, 1.807) is 61.5 Å². The Morgan fingerprint density at radius 1 is 0.857 bits per heavy atom. The van der Waals surface area contributed by atoms with Gasteiger partial charge in [-0.05, 0) is 49.2 Å². The number of carbonyl (C=O) groups excluding carboxylic acids is 2. The molecule has 1 aromatic heterocycles. The number of fused-ring (bicyclic) bond motifs is 1. The van der Waals surface area contributed by atoms with Crippen molar-refractivity contribution in [3.8, 4) is 0 Å². The van der Waals surface area contributed by atoms with Gasteiger partial charge >= 0.3 is 11.9 Å². The predicted molar refractivity (Wildman–Crippen MR) is 134 cm³/mol. The third kappa shape index (κ3) is 5.33. The molecule has 0 bridgehead atoms. The quantitative estimate of drug-likeness (QED) is 0.209. The summed E-state index contributed by atoms with van der Waals surface area (Å²) in [5.41, 5.74) is 4.07. The van der Waals surface area contributed by atoms with E-state index >= 15 is 0 Å². The Morgan fingerprint density at radius 3 is 2.14 bits per heavy atom. The fourth-order valence-electron chi connectivity index (χ4n) is 3.70. The lowest BCUT2D eigenvalue weighted by atomic mass is 9.89. The summed E-state index contributed by atoms with van der Waals surface area (Å²) in [5.74, 6) is -2.04. The fourth-order valence-corrected chi connectivity index (χ4v) is 4.22. The molecular formula is C27H22N2O5S. The van der Waals surface area contributed by atoms with Crippen molar-refractivity contribution in [1.29, 1.82) is 0 Å². The molecule has 0 aliphatic carbocycles. The summed E-state index contributed by atoms with van der Waals surface area (Å²) >= 11 is 1.04. The van der Waals surface area contributed by atoms with Crippen molar-refractivity contribution in [2.45, 2.75) is 20.3 Å². The van der Waals surface area contributed by atoms with Gasteiger partial charge in [0, 0.05) is 17.6 Å². The van der Waals surface area contributed by atoms with E-state index in [0.29, 0.717) is 33.3 Å². The average Bonchev–Trinajstić information content (AvgIpc) is 3.32. The highest BCUT2D eigenvalue weighted by Crippen LogP contribution is 2.28. The van der Waals surface area contributed by atoms with E-state index in [1.165, 1.54) is 0 Å². The number of Topliss-reactive ketones (excluding diaryl/α,β-unsaturated/α-hetero) is 1. The molecule has 4 rings (SSSR count). The van der Waals surface area contributed by atoms with Gasteiger partial charge in [-0.1, -0.05) is 48.0 Å². The number of carboxylic acids is 1. The van der Waals surface area contributed by atoms with Gasteiger partial charge in [-0.3, -0.25) is 4.79 Å². The van der Waals surface area contributed by atoms with E-state index in [9.17, 15) is 19.5 Å². The number of esters is 1. The van der Waals surface area contributed by atoms with Gasteiger partial charge in [0.05, 0.1) is 29.5 Å². The Kier molecular flexibility index (Phi) is 7.12. The van der Waals surface area contributed by atoms with E-state index in [-0.39, 0.29) is 30.0 Å². The van der Waals surface area contributed by atoms with Gasteiger partial charge in [0.15, 0.2) is 5.78 Å². The zero-order valence-corrected chi connectivity index (χ0v) is 20.0. The molecule has 0 radical (unpaired) electrons. The number of rotatable bonds is 8. The third-order valence-corrected chi connectivity index (χ3v) is 6.05. The molecule has 4 aromatic rings. The molecule has 176 valence electrons. The number of allylic oxidation sites excluding steroid dienone is 1. The van der Waals surface area contributed by atoms with Crippen LogP contribution >= 0.6 is 11.7 Å². The van der Waals surface area contributed by atoms with Gasteiger partial charge in [-0.2, -0.15) is 8.75 Å². The molecule has 1 N–H and O–H groups in total. The van der Waals surface area contributed by atoms with Crippen molar-refractivity contribution >= 4 is 46.1 Å². The SMILES string of the molecule is CCOC(=O)c1ccc(CC(C(=O)c2ccc(C)cc2)=C(C(=O)O)c2ccc3nsnc3c2)cc1. The second kappa shape index (κ2) is 10.4. The molecule has 0 saturated carbocycles. The molecule has 1 heterocycles. The van der Waals surface area contributed by atoms with E-state index in [4.69, 9.17) is 4.74 Å². The molecule has 7 nitrogen and oxygen atoms in total. The summed E-state index contributed by atoms with van der Waals surface area (Å²) < 4.78 is 13.4. The molecule has 0 spiro atoms. The van der Waals surface area contributed by atoms with Crippen LogP contribution in [-0.4, -0.2) is 38.2 Å². The number of ketones is 1. The molecular weight excluding hydrogens is 464 g/mol. The first-order chi connectivity index (χ1) is 16.9. The van der Waals surface area contributed by atoms with Crippen LogP contribution in [0.1, 0.15) is 44.3 Å². The summed E-state index contributed by atoms with van der Waals surface area (Å²) in [6.45, 7) is 3.90. The van der Waals surface area contributed by atoms with Crippen LogP contribution in [0.5, 0.6) is 0 Å². The molecule has 0 saturated heterocycles. The van der Waals surface area contributed by atoms with Crippen molar-refractivity contribution in [3.05, 3.63) is 100 Å². The van der Waals surface area contributed by atoms with Gasteiger partial charge in [-0.25, -0.2) is 9.59 Å². The first-order valence-electron chi connectivity index (χ1n) is 10.9. The second-order valence-electron chi connectivity index (χ2n) is 7.92. The minimum absolute atomic E-state index is 0.0603. The highest BCUT2D eigenvalue weighted by atomic mass is 32.1. The first-order valence-corrected chi connectivity index (χ1v) is 11.7. The molecule has 0 unspecified atom stereocenters. The molecule has 8 heteroatoms. The second-order valence-corrected chi connectivity index (χ2v) is 8.44. The number of aliphatic carboxylic acids is 1. The maximum atomic E-state index is 13.6. The van der Waals surface area contributed by atoms with Crippen LogP contribution in [0.2, 0.25) is 0 Å². The summed E-state index contributed by atoms with van der Waals surface area (Å²) in [4.78, 5) is 38.1. The van der Waals surface area contributed by atoms with E-state index < -0.39 is 11.9 Å². The summed E-state index contributed by atoms with van der Waals surface area (Å²) in [6, 6.07) is 18.6. The minimum atomic E-state index is -1.22. The molecule has 3 aromatic carbocycles. The van der Waals surface area contributed by atoms with E-state index in [0.717, 1.165) is 17.3 Å². The first kappa shape index (κ1) is 24.0. The van der Waals surface area contributed by atoms with Crippen molar-refractivity contribution in [1.82, 2.24) is 8.75 Å². The van der Waals surface area contributed by atoms with Crippen LogP contribution < -0.4 is 0 Å². The monoisotopic (exact) mass is 486 g/mol. The fraction of sp³-hybridized carbons (Fsp3) is 0.148. The minimum Gasteiger partial charge on any atom is -0.478 e. The molecule has 0 aliphatic rings. The zero-order valence-electron chi connectivity index (χ0n) is 19.1. The number of benzene rings is 3. The number of hydrogen-bond donors (Lipinski definition) is 1. The van der Waals surface area contributed by atoms with Gasteiger partial charge < -0.3 is 9.84 Å². The summed E-state index contributed by atoms with van der Waals surface area (Å²) in [7, 11) is 0. The van der Waals surface area contributed by atoms with Crippen molar-refractivity contribution < 1.29 is 24.2 Å². The van der Waals surface area contributed by atoms with Crippen LogP contribution in [0.4, 0.5) is 0 Å². The van der Waals surface area contributed by atoms with Crippen molar-refractivity contribution in [2.24, 2.45) is 0 Å². The van der Waals surface area contributed by atoms with Crippen molar-refractivity contribution in [3.63, 3.8) is 0 Å². The molecule has 0 amide bonds. The van der Waals surface area contributed by atoms with Crippen LogP contribution in [0, 0.1) is 6.92 Å². The van der Waals surface area contributed by atoms with Gasteiger partial charge in [0.25, 0.3) is 0 Å². The van der Waals surface area contributed by atoms with E-state index in [1.807, 2.05) is 19.1 Å². The Bertz CT molecular complexity index is 1440. The highest BCUT2D eigenvalue weighted by Gasteiger charge is 2.24. The van der Waals surface area contributed by atoms with Crippen LogP contribution in [0.3, 0.4) is 0 Å². The lowest BCUT2D eigenvalue weighted by molar-refractivity contribution is -0.130. The third-order valence-electron chi connectivity index (χ3n) is 5.49. The Hall–Kier alpha value is -4.17. The van der Waals surface area contributed by atoms with Crippen molar-refractivity contribution in [2.75, 3.05) is 6.61 Å². The zero-order chi connectivity index (χ0) is 24.9. The Balaban J connectivity index is 1.83. The van der Waals surface area contributed by atoms with Crippen LogP contribution in [-0.2, 0) is 16.0 Å². The number of hydrogen-bond acceptors (Lipinski definition) is 7. The van der Waals surface area contributed by atoms with Gasteiger partial charge in [0.1, 0.15) is 11.0 Å². The lowest BCUT2D eigenvalue weighted by Gasteiger charge is -2.14. The maximum absolute atomic E-state index is 13.6. The van der Waals surface area contributed by atoms with Gasteiger partial charge in [0.2, 0.25) is 0 Å². The Morgan fingerprint density at radius 2 is 1.49 bits per heavy atom. The average molecular weight is 487 g/mol. The summed E-state index contributed by atoms with van der Waals surface area (Å²) in [6.07, 6.45) is 0.0603. The number of aromatic nitrogens is 2. The number of ether oxygens (including phenoxy) is 1. The molecule has 0 aliphatic heterocycles. The maximum Gasteiger partial charge on any atom is 0.338 e. The Labute approximate surface area is 206 Å². The van der Waals surface area contributed by atoms with E-state index in [2.05, 4.69) is 8.75 Å². The highest BCUT2D eigenvalue weighted by molar-refractivity contribution is 7.00. The number of carboxylic acid groups (broad SMARTS) is 1. The number of carbonyl (C=O) groups is 3. The normalized spacial score (nSPS) is 11.7. The van der Waals surface area contributed by atoms with Crippen LogP contribution in [0.15, 0.2) is 72.3 Å². The molecule has 0 fully saturated rings. The number of aryl methyl sites for hydroxylation is 1. The molecule has 35 heavy (non-hydrogen) atoms. The smallest absolute Gasteiger partial charge is 0.338 e. The lowest BCUT2D eigenvalue weighted by Crippen LogP contribution is -2.14. The topological polar surface area (TPSA) is 106 Å². The predicted octanol–water partition coefficient (Wildman–Crippen LogP) is 5.14. The number of nitrogens with zero attached hydrogens (tertiary/aromatic N) is 2. The summed E-state index contributed by atoms with van der Waals surface area (Å²) in [5, 5.41) is 10.2. The standard InChI is InChI=1S/C27H22N2O5S/c1-3-34-27(33)19-10-6-17(7-11-19)14-21(25(30)18-8-4-16(2)5-9-18)24(26(31)32)20-12-13-22-23(15-20)29-35-28-22/h4-13,15H,3,14H2,1-2H3,(H,31,32). The molecule has 0 atom stereocenters. The van der Waals surface area contributed by atoms with Crippen LogP contribution in [0.25, 0.3) is 16.6 Å². The largest absolute Gasteiger partial charge is 0.478 e.